The summed E-state index contributed by atoms with van der Waals surface area (Å²) in [4.78, 5) is 38.0. The van der Waals surface area contributed by atoms with Crippen molar-refractivity contribution in [3.63, 3.8) is 0 Å². The maximum Gasteiger partial charge on any atom is 0.419 e. The number of hydrogen-bond acceptors (Lipinski definition) is 6. The van der Waals surface area contributed by atoms with E-state index in [1.165, 1.54) is 0 Å². The number of carbonyl (C=O) groups excluding carboxylic acids is 2. The van der Waals surface area contributed by atoms with E-state index in [9.17, 15) is 22.8 Å². The summed E-state index contributed by atoms with van der Waals surface area (Å²) in [5.74, 6) is -0.0596. The average molecular weight is 576 g/mol. The zero-order chi connectivity index (χ0) is 29.0. The number of amides is 1. The second-order valence-corrected chi connectivity index (χ2v) is 11.8. The van der Waals surface area contributed by atoms with Crippen LogP contribution in [0.5, 0.6) is 0 Å². The first-order chi connectivity index (χ1) is 18.9. The molecule has 0 radical (unpaired) electrons. The van der Waals surface area contributed by atoms with E-state index in [1.54, 1.807) is 29.2 Å². The van der Waals surface area contributed by atoms with Gasteiger partial charge >= 0.3 is 6.18 Å². The topological polar surface area (TPSA) is 78.4 Å². The van der Waals surface area contributed by atoms with Crippen molar-refractivity contribution in [2.24, 2.45) is 17.8 Å². The molecular formula is C31H44F3N5O2. The quantitative estimate of drug-likeness (QED) is 0.362. The Kier molecular flexibility index (Phi) is 10.9. The van der Waals surface area contributed by atoms with Gasteiger partial charge in [-0.05, 0) is 88.3 Å². The lowest BCUT2D eigenvalue weighted by Crippen LogP contribution is -2.44. The smallest absolute Gasteiger partial charge is 0.339 e. The first-order valence-corrected chi connectivity index (χ1v) is 14.2. The Morgan fingerprint density at radius 1 is 1.10 bits per heavy atom. The van der Waals surface area contributed by atoms with Crippen LogP contribution in [0.15, 0.2) is 30.5 Å². The predicted octanol–water partition coefficient (Wildman–Crippen LogP) is 6.62. The van der Waals surface area contributed by atoms with E-state index in [-0.39, 0.29) is 61.0 Å². The maximum atomic E-state index is 13.8. The average Bonchev–Trinajstić information content (AvgIpc) is 3.36. The summed E-state index contributed by atoms with van der Waals surface area (Å²) in [6.07, 6.45) is 0.859. The van der Waals surface area contributed by atoms with Crippen molar-refractivity contribution < 1.29 is 22.8 Å². The van der Waals surface area contributed by atoms with E-state index in [4.69, 9.17) is 0 Å². The van der Waals surface area contributed by atoms with Crippen LogP contribution in [0, 0.1) is 17.8 Å². The molecule has 1 aliphatic heterocycles. The molecule has 4 rings (SSSR count). The zero-order valence-electron chi connectivity index (χ0n) is 23.8. The normalized spacial score (nSPS) is 20.1. The van der Waals surface area contributed by atoms with Gasteiger partial charge in [0.2, 0.25) is 5.95 Å². The van der Waals surface area contributed by atoms with E-state index in [2.05, 4.69) is 27.2 Å². The highest BCUT2D eigenvalue weighted by Gasteiger charge is 2.38. The number of alkyl halides is 3. The largest absolute Gasteiger partial charge is 0.419 e. The van der Waals surface area contributed by atoms with Crippen molar-refractivity contribution in [2.45, 2.75) is 78.4 Å². The van der Waals surface area contributed by atoms with Gasteiger partial charge in [-0.1, -0.05) is 27.7 Å². The molecule has 2 fully saturated rings. The molecule has 2 aliphatic rings. The number of benzene rings is 1. The van der Waals surface area contributed by atoms with Crippen LogP contribution in [0.3, 0.4) is 0 Å². The molecule has 7 nitrogen and oxygen atoms in total. The minimum atomic E-state index is -4.59. The van der Waals surface area contributed by atoms with Gasteiger partial charge in [0.15, 0.2) is 0 Å². The molecule has 41 heavy (non-hydrogen) atoms. The van der Waals surface area contributed by atoms with Gasteiger partial charge in [-0.15, -0.1) is 0 Å². The second-order valence-electron chi connectivity index (χ2n) is 11.8. The highest BCUT2D eigenvalue weighted by Crippen LogP contribution is 2.39. The Balaban J connectivity index is 0.00000462. The van der Waals surface area contributed by atoms with Gasteiger partial charge in [0.25, 0.3) is 5.91 Å². The van der Waals surface area contributed by atoms with Crippen molar-refractivity contribution >= 4 is 23.3 Å². The third kappa shape index (κ3) is 8.27. The van der Waals surface area contributed by atoms with Crippen molar-refractivity contribution in [3.8, 4) is 0 Å². The van der Waals surface area contributed by atoms with Crippen molar-refractivity contribution in [1.29, 1.82) is 0 Å². The highest BCUT2D eigenvalue weighted by atomic mass is 19.4. The number of halogens is 3. The molecular weight excluding hydrogens is 531 g/mol. The molecule has 0 unspecified atom stereocenters. The summed E-state index contributed by atoms with van der Waals surface area (Å²) < 4.78 is 41.5. The molecule has 1 aromatic carbocycles. The lowest BCUT2D eigenvalue weighted by Gasteiger charge is -2.35. The molecule has 10 heteroatoms. The molecule has 1 saturated carbocycles. The number of Topliss-reactive ketones (excluding diaryl/α,β-unsaturated/α-hetero) is 1. The Morgan fingerprint density at radius 2 is 1.76 bits per heavy atom. The number of nitrogens with one attached hydrogen (secondary N) is 1. The SMILES string of the molecule is C.CC(C)CC(=O)[C@H]1CCC[C@H]1Cc1nc(Nc2ccc(C(=O)N(C)C3CCN(C)CC3)cc2)ncc1C(F)(F)F. The van der Waals surface area contributed by atoms with Crippen molar-refractivity contribution in [2.75, 3.05) is 32.5 Å². The molecule has 1 aromatic heterocycles. The van der Waals surface area contributed by atoms with Gasteiger partial charge in [-0.25, -0.2) is 9.97 Å². The van der Waals surface area contributed by atoms with Crippen LogP contribution >= 0.6 is 0 Å². The summed E-state index contributed by atoms with van der Waals surface area (Å²) in [5.41, 5.74) is 0.151. The minimum absolute atomic E-state index is 0. The first kappa shape index (κ1) is 32.5. The van der Waals surface area contributed by atoms with E-state index in [1.807, 2.05) is 20.9 Å². The van der Waals surface area contributed by atoms with Gasteiger partial charge in [0.1, 0.15) is 5.78 Å². The Morgan fingerprint density at radius 3 is 2.37 bits per heavy atom. The van der Waals surface area contributed by atoms with Gasteiger partial charge in [0, 0.05) is 42.9 Å². The molecule has 1 N–H and O–H groups in total. The fourth-order valence-electron chi connectivity index (χ4n) is 5.95. The molecule has 226 valence electrons. The summed E-state index contributed by atoms with van der Waals surface area (Å²) in [6.45, 7) is 5.86. The first-order valence-electron chi connectivity index (χ1n) is 14.2. The molecule has 0 spiro atoms. The van der Waals surface area contributed by atoms with Gasteiger partial charge in [0.05, 0.1) is 11.3 Å². The zero-order valence-corrected chi connectivity index (χ0v) is 23.8. The van der Waals surface area contributed by atoms with Crippen molar-refractivity contribution in [1.82, 2.24) is 19.8 Å². The lowest BCUT2D eigenvalue weighted by molar-refractivity contribution is -0.138. The number of hydrogen-bond donors (Lipinski definition) is 1. The monoisotopic (exact) mass is 575 g/mol. The van der Waals surface area contributed by atoms with Crippen LogP contribution in [-0.4, -0.2) is 64.7 Å². The van der Waals surface area contributed by atoms with E-state index >= 15 is 0 Å². The molecule has 1 aliphatic carbocycles. The molecule has 0 bridgehead atoms. The molecule has 2 atom stereocenters. The second kappa shape index (κ2) is 13.8. The van der Waals surface area contributed by atoms with Gasteiger partial charge in [-0.3, -0.25) is 9.59 Å². The molecule has 2 aromatic rings. The number of likely N-dealkylation sites (tertiary alicyclic amines) is 1. The summed E-state index contributed by atoms with van der Waals surface area (Å²) in [6, 6.07) is 7.00. The predicted molar refractivity (Wildman–Crippen MR) is 155 cm³/mol. The third-order valence-corrected chi connectivity index (χ3v) is 8.25. The van der Waals surface area contributed by atoms with Crippen LogP contribution in [0.25, 0.3) is 0 Å². The number of anilines is 2. The van der Waals surface area contributed by atoms with Crippen LogP contribution in [0.2, 0.25) is 0 Å². The Bertz CT molecular complexity index is 1180. The number of carbonyl (C=O) groups is 2. The Labute approximate surface area is 241 Å². The number of ketones is 1. The fraction of sp³-hybridized carbons (Fsp3) is 0.613. The summed E-state index contributed by atoms with van der Waals surface area (Å²) in [7, 11) is 3.90. The Hall–Kier alpha value is -3.01. The summed E-state index contributed by atoms with van der Waals surface area (Å²) in [5, 5.41) is 2.98. The fourth-order valence-corrected chi connectivity index (χ4v) is 5.95. The maximum absolute atomic E-state index is 13.8. The highest BCUT2D eigenvalue weighted by molar-refractivity contribution is 5.94. The van der Waals surface area contributed by atoms with Gasteiger partial charge < -0.3 is 15.1 Å². The summed E-state index contributed by atoms with van der Waals surface area (Å²) >= 11 is 0. The lowest BCUT2D eigenvalue weighted by atomic mass is 9.84. The van der Waals surface area contributed by atoms with Gasteiger partial charge in [-0.2, -0.15) is 13.2 Å². The molecule has 1 saturated heterocycles. The van der Waals surface area contributed by atoms with Crippen molar-refractivity contribution in [3.05, 3.63) is 47.3 Å². The number of piperidine rings is 1. The van der Waals surface area contributed by atoms with E-state index in [0.29, 0.717) is 30.5 Å². The van der Waals surface area contributed by atoms with Crippen LogP contribution in [0.4, 0.5) is 24.8 Å². The standard InChI is InChI=1S/C30H40F3N5O2.CH4/c1-19(2)16-27(39)24-7-5-6-21(24)17-26-25(30(31,32)33)18-34-29(36-26)35-22-10-8-20(9-11-22)28(40)38(4)23-12-14-37(3)15-13-23;/h8-11,18-19,21,23-24H,5-7,12-17H2,1-4H3,(H,34,35,36);1H4/t21-,24-;/m0./s1. The van der Waals surface area contributed by atoms with Crippen LogP contribution in [0.1, 0.15) is 81.4 Å². The number of aromatic nitrogens is 2. The van der Waals surface area contributed by atoms with Crippen LogP contribution < -0.4 is 5.32 Å². The molecule has 1 amide bonds. The van der Waals surface area contributed by atoms with E-state index < -0.39 is 11.7 Å². The number of nitrogens with zero attached hydrogens (tertiary/aromatic N) is 4. The van der Waals surface area contributed by atoms with E-state index in [0.717, 1.165) is 38.5 Å². The minimum Gasteiger partial charge on any atom is -0.339 e. The van der Waals surface area contributed by atoms with Crippen LogP contribution in [-0.2, 0) is 17.4 Å². The molecule has 2 heterocycles. The third-order valence-electron chi connectivity index (χ3n) is 8.25. The number of rotatable bonds is 9.